The Morgan fingerprint density at radius 1 is 1.57 bits per heavy atom. The molecule has 72 valence electrons. The molecule has 5 nitrogen and oxygen atoms in total. The van der Waals surface area contributed by atoms with E-state index in [-0.39, 0.29) is 12.3 Å². The highest BCUT2D eigenvalue weighted by Gasteiger charge is 1.99. The Morgan fingerprint density at radius 2 is 2.36 bits per heavy atom. The molecule has 0 saturated carbocycles. The second-order valence-electron chi connectivity index (χ2n) is 2.60. The highest BCUT2D eigenvalue weighted by molar-refractivity contribution is 5.66. The molecule has 0 aliphatic rings. The molecule has 14 heavy (non-hydrogen) atoms. The molecule has 1 aromatic rings. The number of benzene rings is 1. The van der Waals surface area contributed by atoms with Crippen LogP contribution < -0.4 is 5.73 Å². The highest BCUT2D eigenvalue weighted by Crippen LogP contribution is 2.25. The van der Waals surface area contributed by atoms with Crippen LogP contribution in [0, 0.1) is 0 Å². The summed E-state index contributed by atoms with van der Waals surface area (Å²) >= 11 is 0. The fourth-order valence-electron chi connectivity index (χ4n) is 0.978. The van der Waals surface area contributed by atoms with Gasteiger partial charge in [-0.15, -0.1) is 0 Å². The van der Waals surface area contributed by atoms with Crippen molar-refractivity contribution in [2.75, 3.05) is 12.3 Å². The average molecular weight is 190 g/mol. The van der Waals surface area contributed by atoms with Crippen molar-refractivity contribution in [1.82, 2.24) is 0 Å². The molecule has 5 heteroatoms. The monoisotopic (exact) mass is 190 g/mol. The second-order valence-corrected chi connectivity index (χ2v) is 2.60. The van der Waals surface area contributed by atoms with Gasteiger partial charge in [0.2, 0.25) is 0 Å². The number of phenols is 1. The summed E-state index contributed by atoms with van der Waals surface area (Å²) in [6, 6.07) is 5.07. The lowest BCUT2D eigenvalue weighted by atomic mass is 10.1. The number of nitrogens with two attached hydrogens (primary N) is 1. The first kappa shape index (κ1) is 9.95. The Kier molecular flexibility index (Phi) is 3.41. The van der Waals surface area contributed by atoms with Gasteiger partial charge < -0.3 is 10.8 Å². The number of anilines is 1. The molecule has 0 fully saturated rings. The van der Waals surface area contributed by atoms with Crippen molar-refractivity contribution in [2.45, 2.75) is 0 Å². The maximum absolute atomic E-state index is 9.47. The maximum Gasteiger partial charge on any atom is 0.145 e. The topological polar surface area (TPSA) is 95.0 Å². The van der Waals surface area contributed by atoms with Crippen LogP contribution in [0.15, 0.2) is 29.4 Å². The van der Waals surface area contributed by atoms with Gasteiger partial charge in [-0.25, -0.2) is 0 Å². The van der Waals surface area contributed by atoms with Crippen LogP contribution >= 0.6 is 0 Å². The van der Waals surface area contributed by atoms with Crippen molar-refractivity contribution in [1.29, 1.82) is 0 Å². The first-order valence-electron chi connectivity index (χ1n) is 4.00. The van der Waals surface area contributed by atoms with Crippen LogP contribution in [0.4, 0.5) is 5.69 Å². The van der Waals surface area contributed by atoms with Crippen LogP contribution in [0.5, 0.6) is 5.75 Å². The van der Waals surface area contributed by atoms with Gasteiger partial charge in [0.05, 0.1) is 5.69 Å². The molecule has 1 aromatic carbocycles. The quantitative estimate of drug-likeness (QED) is 0.251. The summed E-state index contributed by atoms with van der Waals surface area (Å²) in [4.78, 5) is 2.59. The maximum atomic E-state index is 9.47. The first-order chi connectivity index (χ1) is 6.75. The van der Waals surface area contributed by atoms with E-state index in [0.29, 0.717) is 11.3 Å². The highest BCUT2D eigenvalue weighted by atomic mass is 16.3. The fourth-order valence-corrected chi connectivity index (χ4v) is 0.978. The zero-order valence-electron chi connectivity index (χ0n) is 7.46. The summed E-state index contributed by atoms with van der Waals surface area (Å²) in [7, 11) is 0. The summed E-state index contributed by atoms with van der Waals surface area (Å²) in [5.41, 5.74) is 14.4. The molecule has 0 radical (unpaired) electrons. The molecule has 0 unspecified atom stereocenters. The number of hydrogen-bond donors (Lipinski definition) is 2. The number of phenolic OH excluding ortho intramolecular Hbond substituents is 1. The molecular weight excluding hydrogens is 180 g/mol. The molecule has 0 spiro atoms. The summed E-state index contributed by atoms with van der Waals surface area (Å²) < 4.78 is 0. The van der Waals surface area contributed by atoms with Crippen LogP contribution in [0.2, 0.25) is 0 Å². The fraction of sp³-hybridized carbons (Fsp3) is 0.111. The summed E-state index contributed by atoms with van der Waals surface area (Å²) in [6.07, 6.45) is 3.30. The minimum atomic E-state index is 0.0460. The molecule has 1 rings (SSSR count). The SMILES string of the molecule is [N-]=[N+]=NCC=Cc1cccc(N)c1O. The van der Waals surface area contributed by atoms with Crippen molar-refractivity contribution in [3.63, 3.8) is 0 Å². The second kappa shape index (κ2) is 4.79. The number of para-hydroxylation sites is 1. The van der Waals surface area contributed by atoms with Gasteiger partial charge in [-0.2, -0.15) is 0 Å². The molecule has 0 atom stereocenters. The van der Waals surface area contributed by atoms with Gasteiger partial charge >= 0.3 is 0 Å². The Bertz CT molecular complexity index is 394. The first-order valence-corrected chi connectivity index (χ1v) is 4.00. The standard InChI is InChI=1S/C9H10N4O/c10-8-5-1-3-7(9(8)14)4-2-6-12-13-11/h1-5,14H,6,10H2. The Hall–Kier alpha value is -2.13. The van der Waals surface area contributed by atoms with E-state index in [0.717, 1.165) is 0 Å². The van der Waals surface area contributed by atoms with Gasteiger partial charge in [0.15, 0.2) is 0 Å². The van der Waals surface area contributed by atoms with Crippen LogP contribution in [0.3, 0.4) is 0 Å². The Morgan fingerprint density at radius 3 is 3.07 bits per heavy atom. The van der Waals surface area contributed by atoms with Crippen LogP contribution in [-0.2, 0) is 0 Å². The van der Waals surface area contributed by atoms with Crippen molar-refractivity contribution < 1.29 is 5.11 Å². The predicted octanol–water partition coefficient (Wildman–Crippen LogP) is 2.30. The summed E-state index contributed by atoms with van der Waals surface area (Å²) in [5, 5.41) is 12.8. The lowest BCUT2D eigenvalue weighted by Gasteiger charge is -2.01. The Balaban J connectivity index is 2.81. The van der Waals surface area contributed by atoms with E-state index in [1.54, 1.807) is 30.4 Å². The number of hydrogen-bond acceptors (Lipinski definition) is 3. The van der Waals surface area contributed by atoms with E-state index in [9.17, 15) is 5.11 Å². The molecule has 0 bridgehead atoms. The lowest BCUT2D eigenvalue weighted by Crippen LogP contribution is -1.86. The third-order valence-electron chi connectivity index (χ3n) is 1.65. The van der Waals surface area contributed by atoms with Gasteiger partial charge in [-0.1, -0.05) is 29.4 Å². The van der Waals surface area contributed by atoms with Crippen LogP contribution in [0.25, 0.3) is 16.5 Å². The third kappa shape index (κ3) is 2.43. The largest absolute Gasteiger partial charge is 0.505 e. The lowest BCUT2D eigenvalue weighted by molar-refractivity contribution is 0.476. The van der Waals surface area contributed by atoms with E-state index < -0.39 is 0 Å². The van der Waals surface area contributed by atoms with Gasteiger partial charge in [0.1, 0.15) is 5.75 Å². The van der Waals surface area contributed by atoms with Crippen LogP contribution in [0.1, 0.15) is 5.56 Å². The van der Waals surface area contributed by atoms with E-state index in [1.807, 2.05) is 0 Å². The van der Waals surface area contributed by atoms with E-state index >= 15 is 0 Å². The molecule has 0 amide bonds. The molecule has 0 aromatic heterocycles. The number of nitrogen functional groups attached to an aromatic ring is 1. The van der Waals surface area contributed by atoms with Crippen molar-refractivity contribution >= 4 is 11.8 Å². The van der Waals surface area contributed by atoms with Crippen molar-refractivity contribution in [3.8, 4) is 5.75 Å². The molecule has 0 aliphatic heterocycles. The van der Waals surface area contributed by atoms with Crippen molar-refractivity contribution in [2.24, 2.45) is 5.11 Å². The third-order valence-corrected chi connectivity index (χ3v) is 1.65. The minimum Gasteiger partial charge on any atom is -0.505 e. The van der Waals surface area contributed by atoms with E-state index in [4.69, 9.17) is 11.3 Å². The summed E-state index contributed by atoms with van der Waals surface area (Å²) in [6.45, 7) is 0.255. The van der Waals surface area contributed by atoms with Crippen molar-refractivity contribution in [3.05, 3.63) is 40.3 Å². The molecule has 0 saturated heterocycles. The molecule has 0 aliphatic carbocycles. The van der Waals surface area contributed by atoms with Gasteiger partial charge in [0, 0.05) is 17.0 Å². The van der Waals surface area contributed by atoms with Gasteiger partial charge in [-0.05, 0) is 11.6 Å². The van der Waals surface area contributed by atoms with Gasteiger partial charge in [-0.3, -0.25) is 0 Å². The molecular formula is C9H10N4O. The Labute approximate surface area is 81.1 Å². The summed E-state index contributed by atoms with van der Waals surface area (Å²) in [5.74, 6) is 0.0460. The van der Waals surface area contributed by atoms with E-state index in [2.05, 4.69) is 10.0 Å². The number of rotatable bonds is 3. The smallest absolute Gasteiger partial charge is 0.145 e. The number of aromatic hydroxyl groups is 1. The predicted molar refractivity (Wildman–Crippen MR) is 55.6 cm³/mol. The van der Waals surface area contributed by atoms with Gasteiger partial charge in [0.25, 0.3) is 0 Å². The zero-order chi connectivity index (χ0) is 10.4. The average Bonchev–Trinajstić information content (AvgIpc) is 2.19. The number of azide groups is 1. The van der Waals surface area contributed by atoms with E-state index in [1.165, 1.54) is 0 Å². The normalized spacial score (nSPS) is 10.0. The molecule has 0 heterocycles. The van der Waals surface area contributed by atoms with Crippen LogP contribution in [-0.4, -0.2) is 11.7 Å². The zero-order valence-corrected chi connectivity index (χ0v) is 7.46. The number of nitrogens with zero attached hydrogens (tertiary/aromatic N) is 3. The minimum absolute atomic E-state index is 0.0460. The molecule has 3 N–H and O–H groups in total.